The molecule has 86 valence electrons. The van der Waals surface area contributed by atoms with E-state index in [0.717, 1.165) is 12.8 Å². The van der Waals surface area contributed by atoms with Crippen LogP contribution in [0.5, 0.6) is 0 Å². The minimum atomic E-state index is 0.334. The average Bonchev–Trinajstić information content (AvgIpc) is 2.74. The van der Waals surface area contributed by atoms with E-state index in [0.29, 0.717) is 18.1 Å². The zero-order valence-electron chi connectivity index (χ0n) is 9.93. The standard InChI is InChI=1S/C13H19N3/c1-10-8-13(16-15-10)12(14-2)9-11-6-4-3-5-7-11/h3-7,10,12-14H,8-9H2,1-2H3. The molecule has 0 aromatic heterocycles. The van der Waals surface area contributed by atoms with E-state index in [4.69, 9.17) is 0 Å². The predicted molar refractivity (Wildman–Crippen MR) is 65.7 cm³/mol. The summed E-state index contributed by atoms with van der Waals surface area (Å²) in [6, 6.07) is 11.7. The van der Waals surface area contributed by atoms with E-state index in [1.54, 1.807) is 0 Å². The molecule has 0 spiro atoms. The molecule has 0 bridgehead atoms. The topological polar surface area (TPSA) is 36.8 Å². The fourth-order valence-electron chi connectivity index (χ4n) is 2.19. The quantitative estimate of drug-likeness (QED) is 0.826. The summed E-state index contributed by atoms with van der Waals surface area (Å²) in [5.41, 5.74) is 1.36. The van der Waals surface area contributed by atoms with Crippen molar-refractivity contribution in [2.75, 3.05) is 7.05 Å². The van der Waals surface area contributed by atoms with Crippen LogP contribution in [0.4, 0.5) is 0 Å². The van der Waals surface area contributed by atoms with Gasteiger partial charge in [-0.2, -0.15) is 10.2 Å². The van der Waals surface area contributed by atoms with Crippen molar-refractivity contribution in [1.29, 1.82) is 0 Å². The summed E-state index contributed by atoms with van der Waals surface area (Å²) < 4.78 is 0. The van der Waals surface area contributed by atoms with Gasteiger partial charge < -0.3 is 5.32 Å². The number of benzene rings is 1. The first kappa shape index (κ1) is 11.3. The normalized spacial score (nSPS) is 25.9. The molecule has 3 unspecified atom stereocenters. The predicted octanol–water partition coefficient (Wildman–Crippen LogP) is 2.43. The molecule has 3 heteroatoms. The summed E-state index contributed by atoms with van der Waals surface area (Å²) in [5.74, 6) is 0. The van der Waals surface area contributed by atoms with E-state index in [2.05, 4.69) is 52.8 Å². The second-order valence-electron chi connectivity index (χ2n) is 4.47. The van der Waals surface area contributed by atoms with E-state index >= 15 is 0 Å². The van der Waals surface area contributed by atoms with Gasteiger partial charge >= 0.3 is 0 Å². The lowest BCUT2D eigenvalue weighted by atomic mass is 9.96. The summed E-state index contributed by atoms with van der Waals surface area (Å²) >= 11 is 0. The fourth-order valence-corrected chi connectivity index (χ4v) is 2.19. The molecule has 3 nitrogen and oxygen atoms in total. The Bertz CT molecular complexity index is 347. The Hall–Kier alpha value is -1.22. The maximum Gasteiger partial charge on any atom is 0.0885 e. The van der Waals surface area contributed by atoms with Crippen LogP contribution in [0.2, 0.25) is 0 Å². The monoisotopic (exact) mass is 217 g/mol. The smallest absolute Gasteiger partial charge is 0.0885 e. The van der Waals surface area contributed by atoms with Crippen molar-refractivity contribution in [2.45, 2.75) is 37.9 Å². The number of hydrogen-bond donors (Lipinski definition) is 1. The van der Waals surface area contributed by atoms with E-state index < -0.39 is 0 Å². The number of azo groups is 1. The van der Waals surface area contributed by atoms with Crippen LogP contribution in [0, 0.1) is 0 Å². The van der Waals surface area contributed by atoms with Crippen molar-refractivity contribution < 1.29 is 0 Å². The Balaban J connectivity index is 1.99. The molecule has 0 saturated carbocycles. The minimum absolute atomic E-state index is 0.334. The molecule has 1 heterocycles. The molecule has 1 aliphatic rings. The third-order valence-electron chi connectivity index (χ3n) is 3.13. The minimum Gasteiger partial charge on any atom is -0.315 e. The van der Waals surface area contributed by atoms with Crippen molar-refractivity contribution in [3.05, 3.63) is 35.9 Å². The molecule has 16 heavy (non-hydrogen) atoms. The molecule has 1 aromatic rings. The molecule has 0 fully saturated rings. The van der Waals surface area contributed by atoms with Crippen LogP contribution in [-0.4, -0.2) is 25.2 Å². The van der Waals surface area contributed by atoms with Crippen LogP contribution in [-0.2, 0) is 6.42 Å². The SMILES string of the molecule is CNC(Cc1ccccc1)C1CC(C)N=N1. The molecule has 3 atom stereocenters. The highest BCUT2D eigenvalue weighted by molar-refractivity contribution is 5.16. The molecule has 0 saturated heterocycles. The van der Waals surface area contributed by atoms with Gasteiger partial charge in [0, 0.05) is 6.04 Å². The van der Waals surface area contributed by atoms with Gasteiger partial charge in [-0.3, -0.25) is 0 Å². The Kier molecular flexibility index (Phi) is 3.67. The van der Waals surface area contributed by atoms with Gasteiger partial charge in [-0.15, -0.1) is 0 Å². The van der Waals surface area contributed by atoms with Crippen molar-refractivity contribution in [1.82, 2.24) is 5.32 Å². The van der Waals surface area contributed by atoms with Crippen LogP contribution in [0.25, 0.3) is 0 Å². The molecule has 1 aromatic carbocycles. The third-order valence-corrected chi connectivity index (χ3v) is 3.13. The van der Waals surface area contributed by atoms with E-state index in [-0.39, 0.29) is 0 Å². The van der Waals surface area contributed by atoms with Gasteiger partial charge in [-0.05, 0) is 32.4 Å². The third kappa shape index (κ3) is 2.67. The summed E-state index contributed by atoms with van der Waals surface area (Å²) in [7, 11) is 2.01. The molecule has 1 aliphatic heterocycles. The molecule has 1 N–H and O–H groups in total. The second kappa shape index (κ2) is 5.21. The number of hydrogen-bond acceptors (Lipinski definition) is 3. The lowest BCUT2D eigenvalue weighted by Gasteiger charge is -2.20. The first-order chi connectivity index (χ1) is 7.79. The van der Waals surface area contributed by atoms with Gasteiger partial charge in [0.25, 0.3) is 0 Å². The number of nitrogens with one attached hydrogen (secondary N) is 1. The zero-order chi connectivity index (χ0) is 11.4. The maximum atomic E-state index is 4.35. The fraction of sp³-hybridized carbons (Fsp3) is 0.538. The van der Waals surface area contributed by atoms with Crippen molar-refractivity contribution in [3.8, 4) is 0 Å². The highest BCUT2D eigenvalue weighted by atomic mass is 15.2. The average molecular weight is 217 g/mol. The van der Waals surface area contributed by atoms with E-state index in [9.17, 15) is 0 Å². The van der Waals surface area contributed by atoms with Crippen molar-refractivity contribution >= 4 is 0 Å². The Morgan fingerprint density at radius 3 is 2.62 bits per heavy atom. The van der Waals surface area contributed by atoms with Gasteiger partial charge in [0.05, 0.1) is 12.1 Å². The van der Waals surface area contributed by atoms with Gasteiger partial charge in [0.2, 0.25) is 0 Å². The van der Waals surface area contributed by atoms with Gasteiger partial charge in [0.1, 0.15) is 0 Å². The Morgan fingerprint density at radius 2 is 2.06 bits per heavy atom. The number of nitrogens with zero attached hydrogens (tertiary/aromatic N) is 2. The molecular weight excluding hydrogens is 198 g/mol. The summed E-state index contributed by atoms with van der Waals surface area (Å²) in [5, 5.41) is 11.9. The van der Waals surface area contributed by atoms with Crippen LogP contribution in [0.1, 0.15) is 18.9 Å². The largest absolute Gasteiger partial charge is 0.315 e. The Morgan fingerprint density at radius 1 is 1.31 bits per heavy atom. The number of rotatable bonds is 4. The Labute approximate surface area is 97.0 Å². The second-order valence-corrected chi connectivity index (χ2v) is 4.47. The summed E-state index contributed by atoms with van der Waals surface area (Å²) in [6.45, 7) is 2.12. The first-order valence-electron chi connectivity index (χ1n) is 5.90. The molecule has 2 rings (SSSR count). The molecule has 0 aliphatic carbocycles. The van der Waals surface area contributed by atoms with Crippen LogP contribution in [0.15, 0.2) is 40.6 Å². The van der Waals surface area contributed by atoms with E-state index in [1.807, 2.05) is 7.05 Å². The molecule has 0 amide bonds. The van der Waals surface area contributed by atoms with Crippen molar-refractivity contribution in [2.24, 2.45) is 10.2 Å². The van der Waals surface area contributed by atoms with Gasteiger partial charge in [-0.25, -0.2) is 0 Å². The zero-order valence-corrected chi connectivity index (χ0v) is 9.93. The molecule has 0 radical (unpaired) electrons. The molecular formula is C13H19N3. The van der Waals surface area contributed by atoms with Crippen LogP contribution >= 0.6 is 0 Å². The van der Waals surface area contributed by atoms with Crippen molar-refractivity contribution in [3.63, 3.8) is 0 Å². The maximum absolute atomic E-state index is 4.35. The summed E-state index contributed by atoms with van der Waals surface area (Å²) in [4.78, 5) is 0. The lowest BCUT2D eigenvalue weighted by molar-refractivity contribution is 0.449. The van der Waals surface area contributed by atoms with Gasteiger partial charge in [-0.1, -0.05) is 30.3 Å². The first-order valence-corrected chi connectivity index (χ1v) is 5.90. The van der Waals surface area contributed by atoms with Gasteiger partial charge in [0.15, 0.2) is 0 Å². The summed E-state index contributed by atoms with van der Waals surface area (Å²) in [6.07, 6.45) is 2.09. The highest BCUT2D eigenvalue weighted by Gasteiger charge is 2.26. The van der Waals surface area contributed by atoms with Crippen LogP contribution < -0.4 is 5.32 Å². The highest BCUT2D eigenvalue weighted by Crippen LogP contribution is 2.20. The van der Waals surface area contributed by atoms with Crippen LogP contribution in [0.3, 0.4) is 0 Å². The van der Waals surface area contributed by atoms with E-state index in [1.165, 1.54) is 5.56 Å². The lowest BCUT2D eigenvalue weighted by Crippen LogP contribution is -2.38. The number of likely N-dealkylation sites (N-methyl/N-ethyl adjacent to an activating group) is 1.